The Bertz CT molecular complexity index is 512. The van der Waals surface area contributed by atoms with Crippen LogP contribution in [0.25, 0.3) is 0 Å². The van der Waals surface area contributed by atoms with Crippen LogP contribution in [0, 0.1) is 13.8 Å². The summed E-state index contributed by atoms with van der Waals surface area (Å²) in [5.74, 6) is -0.311. The average Bonchev–Trinajstić information content (AvgIpc) is 2.82. The molecule has 2 aromatic rings. The number of ether oxygens (including phenoxy) is 1. The highest BCUT2D eigenvalue weighted by molar-refractivity contribution is 5.89. The number of hydrogen-bond acceptors (Lipinski definition) is 3. The van der Waals surface area contributed by atoms with Gasteiger partial charge < -0.3 is 9.15 Å². The zero-order valence-corrected chi connectivity index (χ0v) is 9.90. The van der Waals surface area contributed by atoms with Crippen LogP contribution in [0.3, 0.4) is 0 Å². The van der Waals surface area contributed by atoms with Gasteiger partial charge in [0.15, 0.2) is 0 Å². The average molecular weight is 230 g/mol. The first-order valence-electron chi connectivity index (χ1n) is 5.42. The van der Waals surface area contributed by atoms with Gasteiger partial charge in [-0.15, -0.1) is 0 Å². The van der Waals surface area contributed by atoms with Crippen molar-refractivity contribution >= 4 is 5.97 Å². The Morgan fingerprint density at radius 3 is 2.71 bits per heavy atom. The van der Waals surface area contributed by atoms with E-state index in [1.165, 1.54) is 0 Å². The quantitative estimate of drug-likeness (QED) is 0.760. The predicted octanol–water partition coefficient (Wildman–Crippen LogP) is 3.25. The normalized spacial score (nSPS) is 10.2. The third-order valence-electron chi connectivity index (χ3n) is 2.69. The molecule has 0 saturated carbocycles. The molecule has 0 N–H and O–H groups in total. The predicted molar refractivity (Wildman–Crippen MR) is 63.7 cm³/mol. The Labute approximate surface area is 100 Å². The molecule has 3 nitrogen and oxygen atoms in total. The number of benzene rings is 1. The first-order valence-corrected chi connectivity index (χ1v) is 5.42. The molecule has 0 atom stereocenters. The summed E-state index contributed by atoms with van der Waals surface area (Å²) in [5, 5.41) is 0. The minimum Gasteiger partial charge on any atom is -0.472 e. The first-order chi connectivity index (χ1) is 8.16. The molecule has 1 heterocycles. The van der Waals surface area contributed by atoms with Gasteiger partial charge in [0.2, 0.25) is 0 Å². The number of carbonyl (C=O) groups is 1. The van der Waals surface area contributed by atoms with Crippen LogP contribution in [0.2, 0.25) is 0 Å². The van der Waals surface area contributed by atoms with E-state index in [1.54, 1.807) is 24.7 Å². The Morgan fingerprint density at radius 2 is 2.06 bits per heavy atom. The molecule has 88 valence electrons. The number of esters is 1. The monoisotopic (exact) mass is 230 g/mol. The highest BCUT2D eigenvalue weighted by Gasteiger charge is 2.08. The highest BCUT2D eigenvalue weighted by atomic mass is 16.5. The lowest BCUT2D eigenvalue weighted by molar-refractivity contribution is 0.0472. The Balaban J connectivity index is 2.02. The Kier molecular flexibility index (Phi) is 3.28. The summed E-state index contributed by atoms with van der Waals surface area (Å²) in [6.07, 6.45) is 3.12. The van der Waals surface area contributed by atoms with E-state index in [0.29, 0.717) is 5.56 Å². The van der Waals surface area contributed by atoms with E-state index in [4.69, 9.17) is 9.15 Å². The van der Waals surface area contributed by atoms with E-state index in [1.807, 2.05) is 26.0 Å². The lowest BCUT2D eigenvalue weighted by Crippen LogP contribution is -2.05. The van der Waals surface area contributed by atoms with E-state index >= 15 is 0 Å². The zero-order valence-electron chi connectivity index (χ0n) is 9.90. The molecular weight excluding hydrogens is 216 g/mol. The summed E-state index contributed by atoms with van der Waals surface area (Å²) >= 11 is 0. The van der Waals surface area contributed by atoms with Crippen molar-refractivity contribution < 1.29 is 13.9 Å². The summed E-state index contributed by atoms with van der Waals surface area (Å²) in [6, 6.07) is 7.31. The van der Waals surface area contributed by atoms with Crippen molar-refractivity contribution in [3.63, 3.8) is 0 Å². The fraction of sp³-hybridized carbons (Fsp3) is 0.214. The lowest BCUT2D eigenvalue weighted by atomic mass is 10.1. The Morgan fingerprint density at radius 1 is 1.24 bits per heavy atom. The number of hydrogen-bond donors (Lipinski definition) is 0. The smallest absolute Gasteiger partial charge is 0.338 e. The fourth-order valence-corrected chi connectivity index (χ4v) is 1.48. The molecule has 0 bridgehead atoms. The van der Waals surface area contributed by atoms with Gasteiger partial charge in [-0.3, -0.25) is 0 Å². The second-order valence-corrected chi connectivity index (χ2v) is 4.01. The molecule has 0 amide bonds. The van der Waals surface area contributed by atoms with Crippen molar-refractivity contribution in [3.05, 3.63) is 59.0 Å². The van der Waals surface area contributed by atoms with E-state index in [2.05, 4.69) is 0 Å². The number of furan rings is 1. The summed E-state index contributed by atoms with van der Waals surface area (Å²) in [4.78, 5) is 11.8. The van der Waals surface area contributed by atoms with Gasteiger partial charge in [0.25, 0.3) is 0 Å². The van der Waals surface area contributed by atoms with Crippen LogP contribution in [-0.2, 0) is 11.3 Å². The van der Waals surface area contributed by atoms with Crippen molar-refractivity contribution in [2.24, 2.45) is 0 Å². The van der Waals surface area contributed by atoms with Crippen molar-refractivity contribution in [1.29, 1.82) is 0 Å². The third-order valence-corrected chi connectivity index (χ3v) is 2.69. The molecule has 0 aliphatic carbocycles. The van der Waals surface area contributed by atoms with E-state index in [0.717, 1.165) is 16.7 Å². The maximum absolute atomic E-state index is 11.8. The van der Waals surface area contributed by atoms with Crippen LogP contribution in [0.4, 0.5) is 0 Å². The van der Waals surface area contributed by atoms with Crippen LogP contribution >= 0.6 is 0 Å². The van der Waals surface area contributed by atoms with Crippen molar-refractivity contribution in [3.8, 4) is 0 Å². The minimum absolute atomic E-state index is 0.238. The second-order valence-electron chi connectivity index (χ2n) is 4.01. The summed E-state index contributed by atoms with van der Waals surface area (Å²) < 4.78 is 10.1. The van der Waals surface area contributed by atoms with Gasteiger partial charge >= 0.3 is 5.97 Å². The third kappa shape index (κ3) is 2.75. The molecule has 0 radical (unpaired) electrons. The van der Waals surface area contributed by atoms with Crippen LogP contribution < -0.4 is 0 Å². The number of rotatable bonds is 3. The molecule has 0 saturated heterocycles. The van der Waals surface area contributed by atoms with Crippen LogP contribution in [0.5, 0.6) is 0 Å². The number of carbonyl (C=O) groups excluding carboxylic acids is 1. The maximum atomic E-state index is 11.8. The molecule has 3 heteroatoms. The molecule has 1 aromatic heterocycles. The highest BCUT2D eigenvalue weighted by Crippen LogP contribution is 2.12. The molecule has 0 unspecified atom stereocenters. The first kappa shape index (κ1) is 11.5. The van der Waals surface area contributed by atoms with Gasteiger partial charge in [0.05, 0.1) is 18.1 Å². The molecule has 1 aromatic carbocycles. The molecule has 2 rings (SSSR count). The molecule has 0 fully saturated rings. The second kappa shape index (κ2) is 4.87. The van der Waals surface area contributed by atoms with Crippen molar-refractivity contribution in [2.45, 2.75) is 20.5 Å². The van der Waals surface area contributed by atoms with Crippen molar-refractivity contribution in [2.75, 3.05) is 0 Å². The van der Waals surface area contributed by atoms with Crippen LogP contribution in [-0.4, -0.2) is 5.97 Å². The van der Waals surface area contributed by atoms with Gasteiger partial charge in [0.1, 0.15) is 6.61 Å². The van der Waals surface area contributed by atoms with Gasteiger partial charge in [-0.2, -0.15) is 0 Å². The molecule has 17 heavy (non-hydrogen) atoms. The summed E-state index contributed by atoms with van der Waals surface area (Å²) in [7, 11) is 0. The largest absolute Gasteiger partial charge is 0.472 e. The molecular formula is C14H14O3. The number of aryl methyl sites for hydroxylation is 2. The summed E-state index contributed by atoms with van der Waals surface area (Å²) in [6.45, 7) is 4.22. The van der Waals surface area contributed by atoms with Crippen LogP contribution in [0.1, 0.15) is 27.0 Å². The molecule has 0 spiro atoms. The van der Waals surface area contributed by atoms with Gasteiger partial charge in [-0.1, -0.05) is 6.07 Å². The van der Waals surface area contributed by atoms with E-state index < -0.39 is 0 Å². The summed E-state index contributed by atoms with van der Waals surface area (Å²) in [5.41, 5.74) is 3.68. The minimum atomic E-state index is -0.311. The topological polar surface area (TPSA) is 39.4 Å². The molecule has 0 aliphatic heterocycles. The lowest BCUT2D eigenvalue weighted by Gasteiger charge is -2.05. The van der Waals surface area contributed by atoms with Crippen molar-refractivity contribution in [1.82, 2.24) is 0 Å². The zero-order chi connectivity index (χ0) is 12.3. The SMILES string of the molecule is Cc1ccc(C(=O)OCc2ccoc2)cc1C. The van der Waals surface area contributed by atoms with Gasteiger partial charge in [0, 0.05) is 5.56 Å². The van der Waals surface area contributed by atoms with Gasteiger partial charge in [-0.25, -0.2) is 4.79 Å². The standard InChI is InChI=1S/C14H14O3/c1-10-3-4-13(7-11(10)2)14(15)17-9-12-5-6-16-8-12/h3-8H,9H2,1-2H3. The Hall–Kier alpha value is -2.03. The maximum Gasteiger partial charge on any atom is 0.338 e. The van der Waals surface area contributed by atoms with Gasteiger partial charge in [-0.05, 0) is 43.2 Å². The van der Waals surface area contributed by atoms with Crippen LogP contribution in [0.15, 0.2) is 41.2 Å². The van der Waals surface area contributed by atoms with E-state index in [-0.39, 0.29) is 12.6 Å². The van der Waals surface area contributed by atoms with E-state index in [9.17, 15) is 4.79 Å². The fourth-order valence-electron chi connectivity index (χ4n) is 1.48. The molecule has 0 aliphatic rings.